The number of rotatable bonds is 5. The van der Waals surface area contributed by atoms with Crippen LogP contribution in [-0.2, 0) is 11.2 Å². The maximum atomic E-state index is 9.03. The Hall–Kier alpha value is -1.48. The molecule has 1 aliphatic heterocycles. The van der Waals surface area contributed by atoms with E-state index in [1.54, 1.807) is 6.26 Å². The van der Waals surface area contributed by atoms with Crippen LogP contribution in [0.5, 0.6) is 0 Å². The fourth-order valence-corrected chi connectivity index (χ4v) is 2.09. The smallest absolute Gasteiger partial charge is 0.0977 e. The van der Waals surface area contributed by atoms with Crippen LogP contribution in [0.3, 0.4) is 0 Å². The van der Waals surface area contributed by atoms with E-state index in [2.05, 4.69) is 36.5 Å². The van der Waals surface area contributed by atoms with Gasteiger partial charge < -0.3 is 15.2 Å². The molecule has 0 bridgehead atoms. The number of hydrogen-bond acceptors (Lipinski definition) is 3. The fraction of sp³-hybridized carbons (Fsp3) is 0.429. The maximum Gasteiger partial charge on any atom is 0.0977 e. The van der Waals surface area contributed by atoms with Crippen molar-refractivity contribution >= 4 is 5.69 Å². The van der Waals surface area contributed by atoms with Crippen molar-refractivity contribution in [1.29, 1.82) is 0 Å². The monoisotopic (exact) mass is 233 g/mol. The van der Waals surface area contributed by atoms with E-state index >= 15 is 0 Å². The highest BCUT2D eigenvalue weighted by Crippen LogP contribution is 2.27. The summed E-state index contributed by atoms with van der Waals surface area (Å²) < 4.78 is 5.25. The first-order valence-corrected chi connectivity index (χ1v) is 6.11. The summed E-state index contributed by atoms with van der Waals surface area (Å²) in [5.74, 6) is 0.357. The largest absolute Gasteiger partial charge is 0.501 e. The summed E-state index contributed by atoms with van der Waals surface area (Å²) in [4.78, 5) is 0. The van der Waals surface area contributed by atoms with Gasteiger partial charge in [0.2, 0.25) is 0 Å². The van der Waals surface area contributed by atoms with Crippen molar-refractivity contribution in [3.63, 3.8) is 0 Å². The number of benzene rings is 1. The molecule has 2 N–H and O–H groups in total. The molecule has 1 aliphatic rings. The Morgan fingerprint density at radius 2 is 2.35 bits per heavy atom. The third-order valence-electron chi connectivity index (χ3n) is 2.99. The standard InChI is InChI=1S/C14H19NO2/c1-2-15-14-9-12(13-6-8-17-10-13)4-3-11(14)5-7-16/h3-4,6,8-9,13,15-16H,2,5,7,10H2,1H3. The first-order valence-electron chi connectivity index (χ1n) is 6.11. The van der Waals surface area contributed by atoms with Gasteiger partial charge in [-0.2, -0.15) is 0 Å². The molecule has 92 valence electrons. The zero-order chi connectivity index (χ0) is 12.1. The number of nitrogens with one attached hydrogen (secondary N) is 1. The summed E-state index contributed by atoms with van der Waals surface area (Å²) in [6, 6.07) is 6.38. The predicted molar refractivity (Wildman–Crippen MR) is 69.2 cm³/mol. The third kappa shape index (κ3) is 2.80. The van der Waals surface area contributed by atoms with Gasteiger partial charge in [-0.05, 0) is 36.6 Å². The second kappa shape index (κ2) is 5.73. The lowest BCUT2D eigenvalue weighted by molar-refractivity contribution is 0.269. The van der Waals surface area contributed by atoms with Crippen LogP contribution in [0.15, 0.2) is 30.5 Å². The van der Waals surface area contributed by atoms with E-state index < -0.39 is 0 Å². The molecule has 1 unspecified atom stereocenters. The maximum absolute atomic E-state index is 9.03. The second-order valence-electron chi connectivity index (χ2n) is 4.19. The normalized spacial score (nSPS) is 18.1. The van der Waals surface area contributed by atoms with Crippen molar-refractivity contribution in [2.24, 2.45) is 0 Å². The van der Waals surface area contributed by atoms with Crippen LogP contribution >= 0.6 is 0 Å². The molecule has 17 heavy (non-hydrogen) atoms. The van der Waals surface area contributed by atoms with Gasteiger partial charge in [0.05, 0.1) is 12.9 Å². The Morgan fingerprint density at radius 3 is 3.00 bits per heavy atom. The molecule has 1 aromatic carbocycles. The summed E-state index contributed by atoms with van der Waals surface area (Å²) in [6.45, 7) is 3.88. The third-order valence-corrected chi connectivity index (χ3v) is 2.99. The highest BCUT2D eigenvalue weighted by Gasteiger charge is 2.14. The SMILES string of the molecule is CCNc1cc(C2C=COC2)ccc1CCO. The molecular formula is C14H19NO2. The van der Waals surface area contributed by atoms with Crippen LogP contribution in [-0.4, -0.2) is 24.9 Å². The van der Waals surface area contributed by atoms with Gasteiger partial charge in [0, 0.05) is 24.8 Å². The van der Waals surface area contributed by atoms with Gasteiger partial charge in [-0.3, -0.25) is 0 Å². The van der Waals surface area contributed by atoms with Crippen LogP contribution in [0.4, 0.5) is 5.69 Å². The Labute approximate surface area is 102 Å². The molecule has 3 nitrogen and oxygen atoms in total. The lowest BCUT2D eigenvalue weighted by Gasteiger charge is -2.14. The average molecular weight is 233 g/mol. The van der Waals surface area contributed by atoms with E-state index in [1.165, 1.54) is 11.1 Å². The molecule has 0 aromatic heterocycles. The molecule has 1 heterocycles. The van der Waals surface area contributed by atoms with Crippen molar-refractivity contribution < 1.29 is 9.84 Å². The highest BCUT2D eigenvalue weighted by molar-refractivity contribution is 5.54. The van der Waals surface area contributed by atoms with Gasteiger partial charge in [0.1, 0.15) is 0 Å². The van der Waals surface area contributed by atoms with E-state index in [-0.39, 0.29) is 6.61 Å². The van der Waals surface area contributed by atoms with Gasteiger partial charge in [0.25, 0.3) is 0 Å². The molecule has 0 saturated heterocycles. The van der Waals surface area contributed by atoms with Gasteiger partial charge in [-0.1, -0.05) is 12.1 Å². The van der Waals surface area contributed by atoms with E-state index in [9.17, 15) is 0 Å². The minimum atomic E-state index is 0.185. The van der Waals surface area contributed by atoms with Crippen molar-refractivity contribution in [3.8, 4) is 0 Å². The van der Waals surface area contributed by atoms with E-state index in [0.717, 1.165) is 18.8 Å². The Bertz CT molecular complexity index is 401. The number of anilines is 1. The minimum absolute atomic E-state index is 0.185. The van der Waals surface area contributed by atoms with Crippen molar-refractivity contribution in [2.75, 3.05) is 25.1 Å². The molecule has 0 aliphatic carbocycles. The summed E-state index contributed by atoms with van der Waals surface area (Å²) in [6.07, 6.45) is 4.54. The van der Waals surface area contributed by atoms with Crippen LogP contribution in [0.25, 0.3) is 0 Å². The van der Waals surface area contributed by atoms with E-state index in [4.69, 9.17) is 9.84 Å². The van der Waals surface area contributed by atoms with Gasteiger partial charge in [-0.25, -0.2) is 0 Å². The van der Waals surface area contributed by atoms with Crippen LogP contribution in [0.1, 0.15) is 24.0 Å². The van der Waals surface area contributed by atoms with Crippen LogP contribution < -0.4 is 5.32 Å². The van der Waals surface area contributed by atoms with Gasteiger partial charge in [0.15, 0.2) is 0 Å². The predicted octanol–water partition coefficient (Wildman–Crippen LogP) is 2.28. The lowest BCUT2D eigenvalue weighted by Crippen LogP contribution is -2.05. The summed E-state index contributed by atoms with van der Waals surface area (Å²) in [5.41, 5.74) is 3.55. The molecule has 0 spiro atoms. The Kier molecular flexibility index (Phi) is 4.04. The lowest BCUT2D eigenvalue weighted by atomic mass is 9.97. The molecule has 0 radical (unpaired) electrons. The number of aliphatic hydroxyl groups excluding tert-OH is 1. The Morgan fingerprint density at radius 1 is 1.47 bits per heavy atom. The molecule has 0 fully saturated rings. The van der Waals surface area contributed by atoms with Crippen LogP contribution in [0.2, 0.25) is 0 Å². The molecular weight excluding hydrogens is 214 g/mol. The van der Waals surface area contributed by atoms with Gasteiger partial charge in [-0.15, -0.1) is 0 Å². The number of hydrogen-bond donors (Lipinski definition) is 2. The molecule has 1 aromatic rings. The quantitative estimate of drug-likeness (QED) is 0.819. The first kappa shape index (κ1) is 12.0. The van der Waals surface area contributed by atoms with Gasteiger partial charge >= 0.3 is 0 Å². The molecule has 0 amide bonds. The first-order chi connectivity index (χ1) is 8.35. The molecule has 3 heteroatoms. The molecule has 1 atom stereocenters. The summed E-state index contributed by atoms with van der Waals surface area (Å²) in [7, 11) is 0. The van der Waals surface area contributed by atoms with Crippen molar-refractivity contribution in [3.05, 3.63) is 41.7 Å². The Balaban J connectivity index is 2.24. The summed E-state index contributed by atoms with van der Waals surface area (Å²) in [5, 5.41) is 12.4. The minimum Gasteiger partial charge on any atom is -0.501 e. The molecule has 0 saturated carbocycles. The fourth-order valence-electron chi connectivity index (χ4n) is 2.09. The van der Waals surface area contributed by atoms with E-state index in [1.807, 2.05) is 0 Å². The summed E-state index contributed by atoms with van der Waals surface area (Å²) >= 11 is 0. The zero-order valence-electron chi connectivity index (χ0n) is 10.1. The van der Waals surface area contributed by atoms with Crippen molar-refractivity contribution in [1.82, 2.24) is 0 Å². The van der Waals surface area contributed by atoms with Crippen LogP contribution in [0, 0.1) is 0 Å². The number of ether oxygens (including phenoxy) is 1. The topological polar surface area (TPSA) is 41.5 Å². The van der Waals surface area contributed by atoms with Crippen molar-refractivity contribution in [2.45, 2.75) is 19.3 Å². The zero-order valence-corrected chi connectivity index (χ0v) is 10.1. The molecule has 2 rings (SSSR count). The average Bonchev–Trinajstić information content (AvgIpc) is 2.85. The highest BCUT2D eigenvalue weighted by atomic mass is 16.5. The number of aliphatic hydroxyl groups is 1. The van der Waals surface area contributed by atoms with E-state index in [0.29, 0.717) is 12.3 Å². The second-order valence-corrected chi connectivity index (χ2v) is 4.19.